The number of aryl methyl sites for hydroxylation is 1. The third-order valence-corrected chi connectivity index (χ3v) is 5.44. The van der Waals surface area contributed by atoms with Crippen LogP contribution >= 0.6 is 11.3 Å². The summed E-state index contributed by atoms with van der Waals surface area (Å²) in [5, 5.41) is 14.1. The third-order valence-electron chi connectivity index (χ3n) is 4.38. The number of halogens is 1. The Labute approximate surface area is 153 Å². The Morgan fingerprint density at radius 3 is 2.88 bits per heavy atom. The van der Waals surface area contributed by atoms with E-state index in [4.69, 9.17) is 10.1 Å². The predicted octanol–water partition coefficient (Wildman–Crippen LogP) is 3.45. The second kappa shape index (κ2) is 6.53. The molecule has 3 heterocycles. The number of hydrogen-bond acceptors (Lipinski definition) is 5. The topological polar surface area (TPSA) is 71.2 Å². The molecule has 0 spiro atoms. The predicted molar refractivity (Wildman–Crippen MR) is 98.6 cm³/mol. The van der Waals surface area contributed by atoms with Crippen LogP contribution in [0, 0.1) is 12.7 Å². The Morgan fingerprint density at radius 2 is 2.19 bits per heavy atom. The molecule has 1 aromatic carbocycles. The summed E-state index contributed by atoms with van der Waals surface area (Å²) < 4.78 is 16.5. The Bertz CT molecular complexity index is 1020. The van der Waals surface area contributed by atoms with Gasteiger partial charge in [-0.15, -0.1) is 0 Å². The van der Waals surface area contributed by atoms with Crippen molar-refractivity contribution in [2.45, 2.75) is 19.9 Å². The lowest BCUT2D eigenvalue weighted by molar-refractivity contribution is 0.0689. The van der Waals surface area contributed by atoms with E-state index in [1.165, 1.54) is 29.5 Å². The number of aromatic nitrogens is 3. The van der Waals surface area contributed by atoms with Gasteiger partial charge in [0.25, 0.3) is 0 Å². The SMILES string of the molecule is Cc1cc(C(=O)O)nn1Cc1cc(F)cc2sc(N3CC=CCC3)nc12. The minimum atomic E-state index is -1.08. The summed E-state index contributed by atoms with van der Waals surface area (Å²) in [5.74, 6) is -1.41. The van der Waals surface area contributed by atoms with E-state index < -0.39 is 5.97 Å². The van der Waals surface area contributed by atoms with Gasteiger partial charge in [0.15, 0.2) is 10.8 Å². The van der Waals surface area contributed by atoms with Crippen molar-refractivity contribution in [3.8, 4) is 0 Å². The zero-order valence-electron chi connectivity index (χ0n) is 14.1. The fraction of sp³-hybridized carbons (Fsp3) is 0.278. The number of thiazole rings is 1. The number of hydrogen-bond donors (Lipinski definition) is 1. The van der Waals surface area contributed by atoms with E-state index in [2.05, 4.69) is 22.2 Å². The molecule has 0 atom stereocenters. The molecule has 0 unspecified atom stereocenters. The molecule has 6 nitrogen and oxygen atoms in total. The molecule has 0 saturated heterocycles. The minimum Gasteiger partial charge on any atom is -0.476 e. The monoisotopic (exact) mass is 372 g/mol. The maximum absolute atomic E-state index is 14.1. The zero-order chi connectivity index (χ0) is 18.3. The van der Waals surface area contributed by atoms with Crippen molar-refractivity contribution in [3.05, 3.63) is 53.1 Å². The fourth-order valence-electron chi connectivity index (χ4n) is 3.06. The van der Waals surface area contributed by atoms with E-state index in [-0.39, 0.29) is 18.1 Å². The van der Waals surface area contributed by atoms with Gasteiger partial charge >= 0.3 is 5.97 Å². The van der Waals surface area contributed by atoms with Crippen LogP contribution in [-0.2, 0) is 6.54 Å². The van der Waals surface area contributed by atoms with Crippen molar-refractivity contribution < 1.29 is 14.3 Å². The largest absolute Gasteiger partial charge is 0.476 e. The van der Waals surface area contributed by atoms with Crippen LogP contribution in [0.3, 0.4) is 0 Å². The number of carboxylic acid groups (broad SMARTS) is 1. The number of aromatic carboxylic acids is 1. The van der Waals surface area contributed by atoms with Crippen LogP contribution in [0.1, 0.15) is 28.2 Å². The van der Waals surface area contributed by atoms with Crippen molar-refractivity contribution in [1.82, 2.24) is 14.8 Å². The van der Waals surface area contributed by atoms with Crippen molar-refractivity contribution in [3.63, 3.8) is 0 Å². The highest BCUT2D eigenvalue weighted by atomic mass is 32.1. The first-order valence-electron chi connectivity index (χ1n) is 8.28. The number of carbonyl (C=O) groups is 1. The molecule has 1 aliphatic rings. The number of benzene rings is 1. The van der Waals surface area contributed by atoms with E-state index in [9.17, 15) is 9.18 Å². The van der Waals surface area contributed by atoms with Crippen LogP contribution in [0.4, 0.5) is 9.52 Å². The Hall–Kier alpha value is -2.74. The molecule has 1 aliphatic heterocycles. The van der Waals surface area contributed by atoms with E-state index in [0.717, 1.165) is 34.9 Å². The molecule has 26 heavy (non-hydrogen) atoms. The van der Waals surface area contributed by atoms with Gasteiger partial charge in [0.1, 0.15) is 5.82 Å². The summed E-state index contributed by atoms with van der Waals surface area (Å²) in [6, 6.07) is 4.45. The zero-order valence-corrected chi connectivity index (χ0v) is 15.0. The molecular weight excluding hydrogens is 355 g/mol. The molecule has 0 bridgehead atoms. The first-order chi connectivity index (χ1) is 12.5. The van der Waals surface area contributed by atoms with Crippen LogP contribution in [0.15, 0.2) is 30.4 Å². The summed E-state index contributed by atoms with van der Waals surface area (Å²) in [6.07, 6.45) is 5.23. The lowest BCUT2D eigenvalue weighted by Gasteiger charge is -2.22. The van der Waals surface area contributed by atoms with Crippen LogP contribution in [0.25, 0.3) is 10.2 Å². The molecule has 134 valence electrons. The van der Waals surface area contributed by atoms with E-state index >= 15 is 0 Å². The van der Waals surface area contributed by atoms with Gasteiger partial charge in [0.05, 0.1) is 16.8 Å². The van der Waals surface area contributed by atoms with Gasteiger partial charge < -0.3 is 10.0 Å². The second-order valence-electron chi connectivity index (χ2n) is 6.25. The smallest absolute Gasteiger partial charge is 0.356 e. The average molecular weight is 372 g/mol. The van der Waals surface area contributed by atoms with Crippen LogP contribution in [-0.4, -0.2) is 38.9 Å². The number of nitrogens with zero attached hydrogens (tertiary/aromatic N) is 4. The molecule has 2 aromatic heterocycles. The van der Waals surface area contributed by atoms with E-state index in [1.54, 1.807) is 11.6 Å². The highest BCUT2D eigenvalue weighted by Crippen LogP contribution is 2.32. The number of carboxylic acids is 1. The molecule has 3 aromatic rings. The number of anilines is 1. The Morgan fingerprint density at radius 1 is 1.35 bits per heavy atom. The van der Waals surface area contributed by atoms with Gasteiger partial charge in [-0.3, -0.25) is 4.68 Å². The highest BCUT2D eigenvalue weighted by molar-refractivity contribution is 7.22. The van der Waals surface area contributed by atoms with Gasteiger partial charge in [-0.05, 0) is 31.5 Å². The van der Waals surface area contributed by atoms with Crippen LogP contribution < -0.4 is 4.90 Å². The lowest BCUT2D eigenvalue weighted by Crippen LogP contribution is -2.26. The van der Waals surface area contributed by atoms with Gasteiger partial charge in [0.2, 0.25) is 0 Å². The molecule has 1 N–H and O–H groups in total. The van der Waals surface area contributed by atoms with Gasteiger partial charge in [-0.2, -0.15) is 5.10 Å². The molecule has 0 aliphatic carbocycles. The van der Waals surface area contributed by atoms with E-state index in [1.807, 2.05) is 0 Å². The highest BCUT2D eigenvalue weighted by Gasteiger charge is 2.17. The lowest BCUT2D eigenvalue weighted by atomic mass is 10.2. The number of fused-ring (bicyclic) bond motifs is 1. The molecular formula is C18H17FN4O2S. The van der Waals surface area contributed by atoms with Crippen LogP contribution in [0.2, 0.25) is 0 Å². The summed E-state index contributed by atoms with van der Waals surface area (Å²) >= 11 is 1.47. The Kier molecular flexibility index (Phi) is 4.20. The van der Waals surface area contributed by atoms with E-state index in [0.29, 0.717) is 11.3 Å². The summed E-state index contributed by atoms with van der Waals surface area (Å²) in [4.78, 5) is 18.0. The first kappa shape index (κ1) is 16.7. The number of rotatable bonds is 4. The fourth-order valence-corrected chi connectivity index (χ4v) is 4.13. The molecule has 4 rings (SSSR count). The van der Waals surface area contributed by atoms with Gasteiger partial charge in [-0.25, -0.2) is 14.2 Å². The minimum absolute atomic E-state index is 0.0192. The maximum atomic E-state index is 14.1. The van der Waals surface area contributed by atoms with Gasteiger partial charge in [0, 0.05) is 24.3 Å². The molecule has 0 amide bonds. The maximum Gasteiger partial charge on any atom is 0.356 e. The average Bonchev–Trinajstić information content (AvgIpc) is 3.20. The second-order valence-corrected chi connectivity index (χ2v) is 7.26. The molecule has 0 radical (unpaired) electrons. The van der Waals surface area contributed by atoms with Crippen molar-refractivity contribution in [2.75, 3.05) is 18.0 Å². The standard InChI is InChI=1S/C18H17FN4O2S/c1-11-7-14(17(24)25)21-23(11)10-12-8-13(19)9-15-16(12)20-18(26-15)22-5-3-2-4-6-22/h2-3,7-9H,4-6,10H2,1H3,(H,24,25). The van der Waals surface area contributed by atoms with Crippen molar-refractivity contribution in [1.29, 1.82) is 0 Å². The Balaban J connectivity index is 1.73. The quantitative estimate of drug-likeness (QED) is 0.710. The molecule has 0 fully saturated rings. The summed E-state index contributed by atoms with van der Waals surface area (Å²) in [5.41, 5.74) is 2.12. The molecule has 8 heteroatoms. The normalized spacial score (nSPS) is 14.3. The molecule has 0 saturated carbocycles. The van der Waals surface area contributed by atoms with Crippen LogP contribution in [0.5, 0.6) is 0 Å². The van der Waals surface area contributed by atoms with Crippen molar-refractivity contribution >= 4 is 32.7 Å². The van der Waals surface area contributed by atoms with Gasteiger partial charge in [-0.1, -0.05) is 23.5 Å². The summed E-state index contributed by atoms with van der Waals surface area (Å²) in [6.45, 7) is 3.76. The van der Waals surface area contributed by atoms with Crippen molar-refractivity contribution in [2.24, 2.45) is 0 Å². The first-order valence-corrected chi connectivity index (χ1v) is 9.09. The summed E-state index contributed by atoms with van der Waals surface area (Å²) in [7, 11) is 0. The third kappa shape index (κ3) is 3.08.